The number of hydrogen-bond donors (Lipinski definition) is 0. The highest BCUT2D eigenvalue weighted by Gasteiger charge is 2.28. The zero-order valence-electron chi connectivity index (χ0n) is 10.9. The van der Waals surface area contributed by atoms with Gasteiger partial charge in [-0.1, -0.05) is 11.6 Å². The quantitative estimate of drug-likeness (QED) is 0.785. The highest BCUT2D eigenvalue weighted by Crippen LogP contribution is 2.41. The monoisotopic (exact) mass is 318 g/mol. The van der Waals surface area contributed by atoms with Crippen molar-refractivity contribution in [1.29, 1.82) is 0 Å². The molecule has 0 aromatic heterocycles. The van der Waals surface area contributed by atoms with E-state index >= 15 is 0 Å². The summed E-state index contributed by atoms with van der Waals surface area (Å²) in [5.74, 6) is 1.35. The maximum Gasteiger partial charge on any atom is 0.162 e. The Morgan fingerprint density at radius 3 is 2.50 bits per heavy atom. The molecule has 4 nitrogen and oxygen atoms in total. The molecule has 6 heteroatoms. The van der Waals surface area contributed by atoms with Crippen molar-refractivity contribution in [2.75, 3.05) is 33.0 Å². The Morgan fingerprint density at radius 2 is 1.80 bits per heavy atom. The zero-order chi connectivity index (χ0) is 13.9. The normalized spacial score (nSPS) is 24.0. The Labute approximate surface area is 127 Å². The Bertz CT molecular complexity index is 474. The number of ether oxygens (including phenoxy) is 4. The maximum absolute atomic E-state index is 6.49. The summed E-state index contributed by atoms with van der Waals surface area (Å²) >= 11 is 12.8. The van der Waals surface area contributed by atoms with Gasteiger partial charge in [-0.15, -0.1) is 11.6 Å². The number of alkyl halides is 1. The molecule has 0 spiro atoms. The largest absolute Gasteiger partial charge is 0.490 e. The summed E-state index contributed by atoms with van der Waals surface area (Å²) in [5, 5.41) is 0.184. The van der Waals surface area contributed by atoms with Crippen molar-refractivity contribution in [2.45, 2.75) is 17.9 Å². The predicted molar refractivity (Wildman–Crippen MR) is 76.2 cm³/mol. The van der Waals surface area contributed by atoms with Crippen LogP contribution in [0.4, 0.5) is 0 Å². The van der Waals surface area contributed by atoms with Gasteiger partial charge in [-0.05, 0) is 11.6 Å². The maximum atomic E-state index is 6.49. The van der Waals surface area contributed by atoms with Gasteiger partial charge in [0, 0.05) is 17.5 Å². The second-order valence-corrected chi connectivity index (χ2v) is 5.63. The van der Waals surface area contributed by atoms with E-state index in [1.807, 2.05) is 6.07 Å². The molecule has 20 heavy (non-hydrogen) atoms. The Hall–Kier alpha value is -0.680. The second-order valence-electron chi connectivity index (χ2n) is 4.76. The molecule has 1 aromatic carbocycles. The van der Waals surface area contributed by atoms with E-state index in [4.69, 9.17) is 42.1 Å². The molecular weight excluding hydrogens is 303 g/mol. The summed E-state index contributed by atoms with van der Waals surface area (Å²) in [5.41, 5.74) is 0.785. The average molecular weight is 319 g/mol. The minimum absolute atomic E-state index is 0.201. The SMILES string of the molecule is Clc1cc2c(cc1C(Cl)C1COCCO1)OCCCO2. The molecule has 2 heterocycles. The third-order valence-electron chi connectivity index (χ3n) is 3.33. The topological polar surface area (TPSA) is 36.9 Å². The van der Waals surface area contributed by atoms with Gasteiger partial charge in [-0.2, -0.15) is 0 Å². The van der Waals surface area contributed by atoms with Crippen LogP contribution in [0, 0.1) is 0 Å². The molecule has 1 fully saturated rings. The van der Waals surface area contributed by atoms with Gasteiger partial charge in [0.15, 0.2) is 11.5 Å². The van der Waals surface area contributed by atoms with E-state index in [0.717, 1.165) is 12.0 Å². The first-order valence-corrected chi connectivity index (χ1v) is 7.49. The highest BCUT2D eigenvalue weighted by molar-refractivity contribution is 6.33. The molecule has 0 aliphatic carbocycles. The number of fused-ring (bicyclic) bond motifs is 1. The van der Waals surface area contributed by atoms with E-state index in [9.17, 15) is 0 Å². The predicted octanol–water partition coefficient (Wildman–Crippen LogP) is 3.20. The Morgan fingerprint density at radius 1 is 1.05 bits per heavy atom. The first-order chi connectivity index (χ1) is 9.75. The van der Waals surface area contributed by atoms with Gasteiger partial charge in [-0.3, -0.25) is 0 Å². The minimum atomic E-state index is -0.375. The van der Waals surface area contributed by atoms with Crippen molar-refractivity contribution in [3.63, 3.8) is 0 Å². The molecule has 2 unspecified atom stereocenters. The molecule has 2 aliphatic heterocycles. The Kier molecular flexibility index (Phi) is 4.56. The summed E-state index contributed by atoms with van der Waals surface area (Å²) in [7, 11) is 0. The molecule has 2 atom stereocenters. The first kappa shape index (κ1) is 14.3. The summed E-state index contributed by atoms with van der Waals surface area (Å²) in [4.78, 5) is 0. The van der Waals surface area contributed by atoms with Gasteiger partial charge in [-0.25, -0.2) is 0 Å². The van der Waals surface area contributed by atoms with Crippen LogP contribution in [0.1, 0.15) is 17.4 Å². The van der Waals surface area contributed by atoms with Crippen LogP contribution in [0.2, 0.25) is 5.02 Å². The smallest absolute Gasteiger partial charge is 0.162 e. The van der Waals surface area contributed by atoms with Crippen LogP contribution in [-0.2, 0) is 9.47 Å². The molecular formula is C14H16Cl2O4. The lowest BCUT2D eigenvalue weighted by Crippen LogP contribution is -2.32. The van der Waals surface area contributed by atoms with Crippen molar-refractivity contribution in [2.24, 2.45) is 0 Å². The third kappa shape index (κ3) is 2.98. The van der Waals surface area contributed by atoms with E-state index < -0.39 is 0 Å². The molecule has 0 bridgehead atoms. The van der Waals surface area contributed by atoms with Crippen LogP contribution in [0.5, 0.6) is 11.5 Å². The fourth-order valence-electron chi connectivity index (χ4n) is 2.29. The van der Waals surface area contributed by atoms with E-state index in [-0.39, 0.29) is 11.5 Å². The molecule has 110 valence electrons. The van der Waals surface area contributed by atoms with E-state index in [1.54, 1.807) is 6.07 Å². The van der Waals surface area contributed by atoms with Gasteiger partial charge < -0.3 is 18.9 Å². The number of rotatable bonds is 2. The van der Waals surface area contributed by atoms with Crippen molar-refractivity contribution in [3.05, 3.63) is 22.7 Å². The van der Waals surface area contributed by atoms with Gasteiger partial charge in [0.05, 0.1) is 38.4 Å². The molecule has 0 N–H and O–H groups in total. The van der Waals surface area contributed by atoms with E-state index in [2.05, 4.69) is 0 Å². The van der Waals surface area contributed by atoms with E-state index in [1.165, 1.54) is 0 Å². The summed E-state index contributed by atoms with van der Waals surface area (Å²) in [6, 6.07) is 3.61. The van der Waals surface area contributed by atoms with Crippen LogP contribution in [0.15, 0.2) is 12.1 Å². The third-order valence-corrected chi connectivity index (χ3v) is 4.18. The molecule has 0 saturated carbocycles. The number of benzene rings is 1. The van der Waals surface area contributed by atoms with Crippen LogP contribution in [-0.4, -0.2) is 39.1 Å². The summed E-state index contributed by atoms with van der Waals surface area (Å²) in [6.07, 6.45) is 0.651. The highest BCUT2D eigenvalue weighted by atomic mass is 35.5. The van der Waals surface area contributed by atoms with Crippen LogP contribution in [0.3, 0.4) is 0 Å². The zero-order valence-corrected chi connectivity index (χ0v) is 12.5. The average Bonchev–Trinajstić information content (AvgIpc) is 2.71. The van der Waals surface area contributed by atoms with Gasteiger partial charge in [0.2, 0.25) is 0 Å². The fraction of sp³-hybridized carbons (Fsp3) is 0.571. The molecule has 0 amide bonds. The fourth-order valence-corrected chi connectivity index (χ4v) is 2.94. The summed E-state index contributed by atoms with van der Waals surface area (Å²) < 4.78 is 22.3. The van der Waals surface area contributed by atoms with Crippen LogP contribution < -0.4 is 9.47 Å². The first-order valence-electron chi connectivity index (χ1n) is 6.68. The summed E-state index contributed by atoms with van der Waals surface area (Å²) in [6.45, 7) is 2.89. The second kappa shape index (κ2) is 6.39. The van der Waals surface area contributed by atoms with Gasteiger partial charge in [0.25, 0.3) is 0 Å². The lowest BCUT2D eigenvalue weighted by molar-refractivity contribution is -0.0892. The van der Waals surface area contributed by atoms with Crippen LogP contribution in [0.25, 0.3) is 0 Å². The van der Waals surface area contributed by atoms with Crippen molar-refractivity contribution in [1.82, 2.24) is 0 Å². The minimum Gasteiger partial charge on any atom is -0.490 e. The van der Waals surface area contributed by atoms with Crippen LogP contribution >= 0.6 is 23.2 Å². The molecule has 1 saturated heterocycles. The van der Waals surface area contributed by atoms with E-state index in [0.29, 0.717) is 49.6 Å². The van der Waals surface area contributed by atoms with Gasteiger partial charge >= 0.3 is 0 Å². The van der Waals surface area contributed by atoms with Crippen molar-refractivity contribution < 1.29 is 18.9 Å². The number of hydrogen-bond acceptors (Lipinski definition) is 4. The molecule has 2 aliphatic rings. The number of halogens is 2. The van der Waals surface area contributed by atoms with Gasteiger partial charge in [0.1, 0.15) is 6.10 Å². The molecule has 3 rings (SSSR count). The standard InChI is InChI=1S/C14H16Cl2O4/c15-10-7-12-11(18-2-1-3-19-12)6-9(10)14(16)13-8-17-4-5-20-13/h6-7,13-14H,1-5,8H2. The Balaban J connectivity index is 1.86. The lowest BCUT2D eigenvalue weighted by atomic mass is 10.1. The van der Waals surface area contributed by atoms with Crippen molar-refractivity contribution >= 4 is 23.2 Å². The van der Waals surface area contributed by atoms with Crippen molar-refractivity contribution in [3.8, 4) is 11.5 Å². The molecule has 1 aromatic rings. The lowest BCUT2D eigenvalue weighted by Gasteiger charge is -2.27. The molecule has 0 radical (unpaired) electrons.